The summed E-state index contributed by atoms with van der Waals surface area (Å²) in [7, 11) is 0. The largest absolute Gasteiger partial charge is 0.0998 e. The van der Waals surface area contributed by atoms with Gasteiger partial charge < -0.3 is 0 Å². The van der Waals surface area contributed by atoms with E-state index < -0.39 is 0 Å². The van der Waals surface area contributed by atoms with E-state index in [2.05, 4.69) is 69.8 Å². The highest BCUT2D eigenvalue weighted by atomic mass is 14.1. The fraction of sp³-hybridized carbons (Fsp3) is 0.429. The smallest absolute Gasteiger partial charge is 0.0196 e. The molecule has 0 atom stereocenters. The molecule has 0 aromatic heterocycles. The summed E-state index contributed by atoms with van der Waals surface area (Å²) in [5.41, 5.74) is 5.74. The van der Waals surface area contributed by atoms with E-state index in [1.54, 1.807) is 0 Å². The van der Waals surface area contributed by atoms with Crippen molar-refractivity contribution in [3.8, 4) is 0 Å². The Morgan fingerprint density at radius 1 is 1.10 bits per heavy atom. The lowest BCUT2D eigenvalue weighted by Crippen LogP contribution is -1.95. The monoisotopic (exact) mass is 282 g/mol. The summed E-state index contributed by atoms with van der Waals surface area (Å²) in [4.78, 5) is 0. The first-order valence-electron chi connectivity index (χ1n) is 8.24. The zero-order valence-corrected chi connectivity index (χ0v) is 14.0. The van der Waals surface area contributed by atoms with E-state index in [0.717, 1.165) is 32.1 Å². The number of benzene rings is 1. The van der Waals surface area contributed by atoms with Crippen LogP contribution in [0.4, 0.5) is 0 Å². The topological polar surface area (TPSA) is 0 Å². The number of hydrogen-bond donors (Lipinski definition) is 0. The van der Waals surface area contributed by atoms with E-state index in [-0.39, 0.29) is 0 Å². The second kappa shape index (κ2) is 10.2. The van der Waals surface area contributed by atoms with E-state index in [4.69, 9.17) is 0 Å². The molecule has 0 saturated heterocycles. The van der Waals surface area contributed by atoms with E-state index >= 15 is 0 Å². The molecule has 0 radical (unpaired) electrons. The average Bonchev–Trinajstić information content (AvgIpc) is 2.51. The third kappa shape index (κ3) is 6.16. The Bertz CT molecular complexity index is 489. The fourth-order valence-corrected chi connectivity index (χ4v) is 2.65. The van der Waals surface area contributed by atoms with Crippen LogP contribution < -0.4 is 0 Å². The van der Waals surface area contributed by atoms with Gasteiger partial charge in [0.1, 0.15) is 0 Å². The molecule has 1 rings (SSSR count). The summed E-state index contributed by atoms with van der Waals surface area (Å²) in [5.74, 6) is 0. The van der Waals surface area contributed by atoms with Gasteiger partial charge in [0.25, 0.3) is 0 Å². The highest BCUT2D eigenvalue weighted by Gasteiger charge is 2.06. The van der Waals surface area contributed by atoms with Crippen LogP contribution in [0.15, 0.2) is 54.6 Å². The number of hydrogen-bond acceptors (Lipinski definition) is 0. The van der Waals surface area contributed by atoms with Crippen molar-refractivity contribution in [3.63, 3.8) is 0 Å². The Hall–Kier alpha value is -1.56. The maximum atomic E-state index is 4.22. The van der Waals surface area contributed by atoms with Gasteiger partial charge in [-0.25, -0.2) is 0 Å². The number of rotatable bonds is 9. The van der Waals surface area contributed by atoms with Gasteiger partial charge in [0.2, 0.25) is 0 Å². The third-order valence-corrected chi connectivity index (χ3v) is 3.88. The molecule has 1 aromatic rings. The maximum Gasteiger partial charge on any atom is -0.0196 e. The molecule has 114 valence electrons. The van der Waals surface area contributed by atoms with Gasteiger partial charge in [-0.2, -0.15) is 0 Å². The Morgan fingerprint density at radius 2 is 1.86 bits per heavy atom. The van der Waals surface area contributed by atoms with Crippen molar-refractivity contribution < 1.29 is 0 Å². The van der Waals surface area contributed by atoms with E-state index in [0.29, 0.717) is 0 Å². The first-order chi connectivity index (χ1) is 10.2. The SMILES string of the molecule is C=C(CC/C=C\C)CCc1ccccc1/C(=C\C)CCC. The molecular formula is C21H30. The normalized spacial score (nSPS) is 12.0. The second-order valence-corrected chi connectivity index (χ2v) is 5.58. The summed E-state index contributed by atoms with van der Waals surface area (Å²) in [6.45, 7) is 10.7. The van der Waals surface area contributed by atoms with Crippen molar-refractivity contribution in [1.29, 1.82) is 0 Å². The number of aryl methyl sites for hydroxylation is 1. The molecule has 0 fully saturated rings. The van der Waals surface area contributed by atoms with Gasteiger partial charge >= 0.3 is 0 Å². The minimum atomic E-state index is 1.09. The quantitative estimate of drug-likeness (QED) is 0.440. The van der Waals surface area contributed by atoms with Crippen molar-refractivity contribution >= 4 is 5.57 Å². The van der Waals surface area contributed by atoms with Gasteiger partial charge in [0.15, 0.2) is 0 Å². The molecule has 0 amide bonds. The minimum Gasteiger partial charge on any atom is -0.0998 e. The van der Waals surface area contributed by atoms with Gasteiger partial charge in [-0.3, -0.25) is 0 Å². The molecule has 0 heteroatoms. The van der Waals surface area contributed by atoms with Crippen molar-refractivity contribution in [2.45, 2.75) is 59.3 Å². The number of allylic oxidation sites excluding steroid dienone is 5. The van der Waals surface area contributed by atoms with Crippen LogP contribution in [0.3, 0.4) is 0 Å². The van der Waals surface area contributed by atoms with Crippen molar-refractivity contribution in [1.82, 2.24) is 0 Å². The van der Waals surface area contributed by atoms with Crippen LogP contribution in [-0.4, -0.2) is 0 Å². The van der Waals surface area contributed by atoms with E-state index in [1.807, 2.05) is 0 Å². The molecule has 0 bridgehead atoms. The van der Waals surface area contributed by atoms with Crippen molar-refractivity contribution in [2.24, 2.45) is 0 Å². The molecule has 0 heterocycles. The zero-order chi connectivity index (χ0) is 15.5. The summed E-state index contributed by atoms with van der Waals surface area (Å²) in [6.07, 6.45) is 13.4. The Kier molecular flexibility index (Phi) is 8.50. The predicted molar refractivity (Wildman–Crippen MR) is 96.5 cm³/mol. The van der Waals surface area contributed by atoms with Gasteiger partial charge in [-0.05, 0) is 62.7 Å². The van der Waals surface area contributed by atoms with Gasteiger partial charge in [-0.1, -0.05) is 68.0 Å². The Balaban J connectivity index is 2.69. The highest BCUT2D eigenvalue weighted by Crippen LogP contribution is 2.25. The molecule has 0 nitrogen and oxygen atoms in total. The zero-order valence-electron chi connectivity index (χ0n) is 14.0. The summed E-state index contributed by atoms with van der Waals surface area (Å²) >= 11 is 0. The highest BCUT2D eigenvalue weighted by molar-refractivity contribution is 5.68. The molecular weight excluding hydrogens is 252 g/mol. The molecule has 0 N–H and O–H groups in total. The first kappa shape index (κ1) is 17.5. The lowest BCUT2D eigenvalue weighted by atomic mass is 9.92. The standard InChI is InChI=1S/C21H30/c1-5-8-9-13-18(4)16-17-20-14-10-11-15-21(20)19(7-3)12-6-2/h5,7-8,10-11,14-15H,4,6,9,12-13,16-17H2,1-3H3/b8-5-,19-7-. The summed E-state index contributed by atoms with van der Waals surface area (Å²) in [6, 6.07) is 8.84. The van der Waals surface area contributed by atoms with Crippen LogP contribution in [0, 0.1) is 0 Å². The molecule has 1 aromatic carbocycles. The third-order valence-electron chi connectivity index (χ3n) is 3.88. The lowest BCUT2D eigenvalue weighted by molar-refractivity contribution is 0.850. The molecule has 0 spiro atoms. The van der Waals surface area contributed by atoms with Gasteiger partial charge in [-0.15, -0.1) is 0 Å². The molecule has 0 aliphatic carbocycles. The minimum absolute atomic E-state index is 1.09. The maximum absolute atomic E-state index is 4.22. The van der Waals surface area contributed by atoms with Crippen LogP contribution in [0.5, 0.6) is 0 Å². The van der Waals surface area contributed by atoms with Crippen molar-refractivity contribution in [3.05, 3.63) is 65.8 Å². The molecule has 0 unspecified atom stereocenters. The molecule has 0 aliphatic rings. The summed E-state index contributed by atoms with van der Waals surface area (Å²) in [5, 5.41) is 0. The Morgan fingerprint density at radius 3 is 2.52 bits per heavy atom. The molecule has 0 aliphatic heterocycles. The van der Waals surface area contributed by atoms with Crippen molar-refractivity contribution in [2.75, 3.05) is 0 Å². The summed E-state index contributed by atoms with van der Waals surface area (Å²) < 4.78 is 0. The van der Waals surface area contributed by atoms with Gasteiger partial charge in [0, 0.05) is 0 Å². The average molecular weight is 282 g/mol. The van der Waals surface area contributed by atoms with Gasteiger partial charge in [0.05, 0.1) is 0 Å². The molecule has 21 heavy (non-hydrogen) atoms. The van der Waals surface area contributed by atoms with Crippen LogP contribution in [0.2, 0.25) is 0 Å². The molecule has 0 saturated carbocycles. The van der Waals surface area contributed by atoms with E-state index in [9.17, 15) is 0 Å². The van der Waals surface area contributed by atoms with Crippen LogP contribution in [-0.2, 0) is 6.42 Å². The fourth-order valence-electron chi connectivity index (χ4n) is 2.65. The van der Waals surface area contributed by atoms with Crippen LogP contribution >= 0.6 is 0 Å². The van der Waals surface area contributed by atoms with Crippen LogP contribution in [0.25, 0.3) is 5.57 Å². The predicted octanol–water partition coefficient (Wildman–Crippen LogP) is 6.74. The Labute approximate surface area is 131 Å². The first-order valence-corrected chi connectivity index (χ1v) is 8.24. The van der Waals surface area contributed by atoms with Crippen LogP contribution in [0.1, 0.15) is 64.0 Å². The second-order valence-electron chi connectivity index (χ2n) is 5.58. The lowest BCUT2D eigenvalue weighted by Gasteiger charge is -2.13. The van der Waals surface area contributed by atoms with E-state index in [1.165, 1.54) is 28.7 Å².